The fraction of sp³-hybridized carbons (Fsp3) is 0. The monoisotopic (exact) mass is 522 g/mol. The standard InChI is InChI=1S/2C6H3N3O7.Zn/c2*10-6-4(8(13)14)1-3(7(11)12)2-5(6)9(15)16;/h2*1-2,10H;. The zero-order chi connectivity index (χ0) is 24.9. The molecule has 170 valence electrons. The van der Waals surface area contributed by atoms with Crippen LogP contribution in [0.2, 0.25) is 0 Å². The average Bonchev–Trinajstić information content (AvgIpc) is 2.67. The summed E-state index contributed by atoms with van der Waals surface area (Å²) in [6, 6.07) is 1.79. The molecule has 0 amide bonds. The molecule has 0 fully saturated rings. The van der Waals surface area contributed by atoms with Crippen molar-refractivity contribution in [2.24, 2.45) is 0 Å². The summed E-state index contributed by atoms with van der Waals surface area (Å²) in [5, 5.41) is 80.4. The third kappa shape index (κ3) is 6.52. The molecule has 2 N–H and O–H groups in total. The summed E-state index contributed by atoms with van der Waals surface area (Å²) in [4.78, 5) is 55.5. The van der Waals surface area contributed by atoms with E-state index < -0.39 is 75.2 Å². The first-order valence-electron chi connectivity index (χ1n) is 7.29. The van der Waals surface area contributed by atoms with E-state index in [1.54, 1.807) is 0 Å². The number of hydrogen-bond acceptors (Lipinski definition) is 14. The molecule has 0 aliphatic rings. The zero-order valence-corrected chi connectivity index (χ0v) is 18.5. The van der Waals surface area contributed by atoms with E-state index >= 15 is 0 Å². The van der Waals surface area contributed by atoms with E-state index in [1.165, 1.54) is 0 Å². The summed E-state index contributed by atoms with van der Waals surface area (Å²) in [5.74, 6) is -2.42. The van der Waals surface area contributed by atoms with Gasteiger partial charge >= 0.3 is 22.7 Å². The molecular weight excluding hydrogens is 518 g/mol. The second-order valence-electron chi connectivity index (χ2n) is 5.21. The SMILES string of the molecule is O=[N+]([O-])c1cc([N+](=O)[O-])c(O)c([N+](=O)[O-])c1.O=[N+]([O-])c1cc([N+](=O)[O-])c(O)c([N+](=O)[O-])c1.[Zn]. The van der Waals surface area contributed by atoms with Crippen molar-refractivity contribution in [1.82, 2.24) is 0 Å². The Bertz CT molecular complexity index is 1020. The van der Waals surface area contributed by atoms with E-state index in [0.29, 0.717) is 24.3 Å². The number of rotatable bonds is 6. The van der Waals surface area contributed by atoms with Gasteiger partial charge in [-0.25, -0.2) is 0 Å². The number of hydrogen-bond donors (Lipinski definition) is 2. The van der Waals surface area contributed by atoms with Crippen LogP contribution in [0, 0.1) is 60.7 Å². The first kappa shape index (κ1) is 28.1. The number of nitro benzene ring substituents is 6. The third-order valence-corrected chi connectivity index (χ3v) is 3.32. The Balaban J connectivity index is 0.000000602. The Morgan fingerprint density at radius 3 is 0.758 bits per heavy atom. The summed E-state index contributed by atoms with van der Waals surface area (Å²) in [5.41, 5.74) is -6.00. The maximum absolute atomic E-state index is 10.4. The van der Waals surface area contributed by atoms with Gasteiger partial charge in [0.15, 0.2) is 0 Å². The van der Waals surface area contributed by atoms with E-state index in [0.717, 1.165) is 0 Å². The van der Waals surface area contributed by atoms with Gasteiger partial charge in [0.2, 0.25) is 0 Å². The van der Waals surface area contributed by atoms with Crippen LogP contribution < -0.4 is 0 Å². The van der Waals surface area contributed by atoms with Gasteiger partial charge in [0.05, 0.1) is 53.8 Å². The third-order valence-electron chi connectivity index (χ3n) is 3.32. The number of nitro groups is 6. The van der Waals surface area contributed by atoms with Crippen LogP contribution in [0.3, 0.4) is 0 Å². The van der Waals surface area contributed by atoms with E-state index in [4.69, 9.17) is 10.2 Å². The molecule has 0 bridgehead atoms. The molecule has 0 spiro atoms. The normalized spacial score (nSPS) is 9.45. The van der Waals surface area contributed by atoms with Crippen LogP contribution in [0.25, 0.3) is 0 Å². The molecule has 33 heavy (non-hydrogen) atoms. The smallest absolute Gasteiger partial charge is 0.324 e. The van der Waals surface area contributed by atoms with Gasteiger partial charge in [-0.3, -0.25) is 60.7 Å². The van der Waals surface area contributed by atoms with Crippen molar-refractivity contribution in [2.45, 2.75) is 0 Å². The molecule has 21 heteroatoms. The Hall–Kier alpha value is -4.94. The maximum Gasteiger partial charge on any atom is 0.324 e. The van der Waals surface area contributed by atoms with Crippen molar-refractivity contribution in [3.8, 4) is 11.5 Å². The molecule has 0 heterocycles. The van der Waals surface area contributed by atoms with E-state index in [2.05, 4.69) is 0 Å². The van der Waals surface area contributed by atoms with Gasteiger partial charge in [0.1, 0.15) is 0 Å². The first-order chi connectivity index (χ1) is 14.7. The van der Waals surface area contributed by atoms with Crippen molar-refractivity contribution in [3.63, 3.8) is 0 Å². The summed E-state index contributed by atoms with van der Waals surface area (Å²) < 4.78 is 0. The summed E-state index contributed by atoms with van der Waals surface area (Å²) in [7, 11) is 0. The van der Waals surface area contributed by atoms with Gasteiger partial charge in [-0.1, -0.05) is 0 Å². The van der Waals surface area contributed by atoms with Crippen molar-refractivity contribution in [2.75, 3.05) is 0 Å². The molecule has 20 nitrogen and oxygen atoms in total. The van der Waals surface area contributed by atoms with Crippen molar-refractivity contribution in [3.05, 3.63) is 85.0 Å². The Morgan fingerprint density at radius 1 is 0.455 bits per heavy atom. The van der Waals surface area contributed by atoms with E-state index in [9.17, 15) is 60.7 Å². The molecule has 0 aliphatic carbocycles. The predicted molar refractivity (Wildman–Crippen MR) is 96.1 cm³/mol. The molecule has 0 saturated heterocycles. The van der Waals surface area contributed by atoms with Crippen LogP contribution in [0.5, 0.6) is 11.5 Å². The molecule has 2 rings (SSSR count). The molecule has 2 aromatic carbocycles. The minimum atomic E-state index is -1.21. The molecule has 0 saturated carbocycles. The molecule has 2 aromatic rings. The van der Waals surface area contributed by atoms with Gasteiger partial charge in [-0.2, -0.15) is 0 Å². The fourth-order valence-corrected chi connectivity index (χ4v) is 1.95. The number of phenolic OH excluding ortho intramolecular Hbond substituents is 2. The number of aromatic hydroxyl groups is 2. The molecular formula is C12H6N6O14Zn. The Kier molecular flexibility index (Phi) is 9.27. The number of nitrogens with zero attached hydrogens (tertiary/aromatic N) is 6. The van der Waals surface area contributed by atoms with Crippen LogP contribution in [0.4, 0.5) is 34.1 Å². The van der Waals surface area contributed by atoms with Gasteiger partial charge < -0.3 is 10.2 Å². The van der Waals surface area contributed by atoms with E-state index in [-0.39, 0.29) is 19.5 Å². The quantitative estimate of drug-likeness (QED) is 0.311. The minimum absolute atomic E-state index is 0. The second-order valence-corrected chi connectivity index (χ2v) is 5.21. The van der Waals surface area contributed by atoms with Gasteiger partial charge in [0, 0.05) is 19.5 Å². The van der Waals surface area contributed by atoms with Crippen molar-refractivity contribution in [1.29, 1.82) is 0 Å². The predicted octanol–water partition coefficient (Wildman–Crippen LogP) is 2.23. The van der Waals surface area contributed by atoms with Crippen LogP contribution in [-0.2, 0) is 19.5 Å². The average molecular weight is 524 g/mol. The number of non-ortho nitro benzene ring substituents is 2. The topological polar surface area (TPSA) is 299 Å². The zero-order valence-electron chi connectivity index (χ0n) is 15.5. The number of phenols is 2. The molecule has 0 unspecified atom stereocenters. The van der Waals surface area contributed by atoms with Crippen molar-refractivity contribution < 1.29 is 59.2 Å². The van der Waals surface area contributed by atoms with Gasteiger partial charge in [0.25, 0.3) is 22.9 Å². The molecule has 0 aliphatic heterocycles. The minimum Gasteiger partial charge on any atom is -0.497 e. The Labute approximate surface area is 190 Å². The summed E-state index contributed by atoms with van der Waals surface area (Å²) in [6.07, 6.45) is 0. The second kappa shape index (κ2) is 10.9. The maximum atomic E-state index is 10.4. The van der Waals surface area contributed by atoms with Crippen molar-refractivity contribution >= 4 is 34.1 Å². The molecule has 0 aromatic heterocycles. The molecule has 0 atom stereocenters. The van der Waals surface area contributed by atoms with Crippen LogP contribution in [0.1, 0.15) is 0 Å². The summed E-state index contributed by atoms with van der Waals surface area (Å²) in [6.45, 7) is 0. The van der Waals surface area contributed by atoms with Gasteiger partial charge in [-0.05, 0) is 0 Å². The van der Waals surface area contributed by atoms with Crippen LogP contribution in [0.15, 0.2) is 24.3 Å². The number of benzene rings is 2. The first-order valence-corrected chi connectivity index (χ1v) is 7.29. The van der Waals surface area contributed by atoms with Gasteiger partial charge in [-0.15, -0.1) is 0 Å². The molecule has 0 radical (unpaired) electrons. The largest absolute Gasteiger partial charge is 0.497 e. The Morgan fingerprint density at radius 2 is 0.636 bits per heavy atom. The summed E-state index contributed by atoms with van der Waals surface area (Å²) >= 11 is 0. The van der Waals surface area contributed by atoms with Crippen LogP contribution in [-0.4, -0.2) is 39.8 Å². The van der Waals surface area contributed by atoms with Crippen LogP contribution >= 0.6 is 0 Å². The van der Waals surface area contributed by atoms with E-state index in [1.807, 2.05) is 0 Å². The fourth-order valence-electron chi connectivity index (χ4n) is 1.95.